The molecule has 5 heteroatoms. The summed E-state index contributed by atoms with van der Waals surface area (Å²) >= 11 is 3.39. The predicted octanol–water partition coefficient (Wildman–Crippen LogP) is 4.85. The van der Waals surface area contributed by atoms with Crippen LogP contribution in [-0.4, -0.2) is 10.9 Å². The monoisotopic (exact) mass is 419 g/mol. The van der Waals surface area contributed by atoms with Crippen molar-refractivity contribution in [3.8, 4) is 6.07 Å². The molecule has 1 amide bonds. The second-order valence-electron chi connectivity index (χ2n) is 6.36. The van der Waals surface area contributed by atoms with Crippen LogP contribution in [0.5, 0.6) is 0 Å². The van der Waals surface area contributed by atoms with Gasteiger partial charge in [-0.1, -0.05) is 29.8 Å². The highest BCUT2D eigenvalue weighted by Crippen LogP contribution is 2.23. The molecule has 1 atom stereocenters. The van der Waals surface area contributed by atoms with E-state index in [-0.39, 0.29) is 11.9 Å². The summed E-state index contributed by atoms with van der Waals surface area (Å²) in [6.45, 7) is 3.85. The molecule has 134 valence electrons. The minimum Gasteiger partial charge on any atom is -0.340 e. The molecular weight excluding hydrogens is 402 g/mol. The molecule has 27 heavy (non-hydrogen) atoms. The summed E-state index contributed by atoms with van der Waals surface area (Å²) in [5.41, 5.74) is 4.71. The van der Waals surface area contributed by atoms with E-state index in [1.807, 2.05) is 50.2 Å². The predicted molar refractivity (Wildman–Crippen MR) is 108 cm³/mol. The van der Waals surface area contributed by atoms with Gasteiger partial charge in [0.1, 0.15) is 0 Å². The van der Waals surface area contributed by atoms with Crippen molar-refractivity contribution in [2.24, 2.45) is 0 Å². The number of pyridine rings is 1. The van der Waals surface area contributed by atoms with E-state index >= 15 is 0 Å². The molecule has 0 bridgehead atoms. The summed E-state index contributed by atoms with van der Waals surface area (Å²) < 4.78 is 0.878. The van der Waals surface area contributed by atoms with E-state index in [1.165, 1.54) is 0 Å². The van der Waals surface area contributed by atoms with Crippen molar-refractivity contribution in [3.63, 3.8) is 0 Å². The number of halogens is 1. The number of nitriles is 1. The molecule has 1 aromatic heterocycles. The van der Waals surface area contributed by atoms with Gasteiger partial charge in [-0.05, 0) is 71.2 Å². The van der Waals surface area contributed by atoms with Gasteiger partial charge in [0.25, 0.3) is 5.91 Å². The van der Waals surface area contributed by atoms with Gasteiger partial charge >= 0.3 is 0 Å². The summed E-state index contributed by atoms with van der Waals surface area (Å²) in [6, 6.07) is 18.6. The molecule has 0 fully saturated rings. The number of nitrogens with one attached hydrogen (secondary N) is 1. The number of nitrogens with zero attached hydrogens (tertiary/aromatic N) is 2. The lowest BCUT2D eigenvalue weighted by atomic mass is 10.0. The summed E-state index contributed by atoms with van der Waals surface area (Å²) in [5.74, 6) is -0.210. The van der Waals surface area contributed by atoms with Crippen molar-refractivity contribution in [3.05, 3.63) is 98.8 Å². The van der Waals surface area contributed by atoms with E-state index in [9.17, 15) is 4.79 Å². The first kappa shape index (κ1) is 18.8. The second kappa shape index (κ2) is 8.15. The van der Waals surface area contributed by atoms with Crippen LogP contribution in [0.1, 0.15) is 44.3 Å². The number of aryl methyl sites for hydroxylation is 2. The Balaban J connectivity index is 1.94. The van der Waals surface area contributed by atoms with E-state index in [4.69, 9.17) is 5.26 Å². The SMILES string of the molecule is Cc1ccc([C@H](NC(=O)c2ccc(C#N)c(C)c2)c2ccc(Br)cn2)cc1. The highest BCUT2D eigenvalue weighted by molar-refractivity contribution is 9.10. The molecule has 0 unspecified atom stereocenters. The van der Waals surface area contributed by atoms with Gasteiger partial charge in [-0.2, -0.15) is 5.26 Å². The summed E-state index contributed by atoms with van der Waals surface area (Å²) in [4.78, 5) is 17.3. The molecule has 0 aliphatic rings. The Labute approximate surface area is 167 Å². The third-order valence-corrected chi connectivity index (χ3v) is 4.81. The molecule has 0 saturated heterocycles. The Kier molecular flexibility index (Phi) is 5.68. The molecule has 3 rings (SSSR count). The molecule has 2 aromatic carbocycles. The van der Waals surface area contributed by atoms with E-state index < -0.39 is 0 Å². The van der Waals surface area contributed by atoms with Gasteiger partial charge in [0.15, 0.2) is 0 Å². The first-order chi connectivity index (χ1) is 13.0. The maximum Gasteiger partial charge on any atom is 0.252 e. The second-order valence-corrected chi connectivity index (χ2v) is 7.28. The Hall–Kier alpha value is -2.97. The van der Waals surface area contributed by atoms with E-state index in [1.54, 1.807) is 24.4 Å². The number of amides is 1. The van der Waals surface area contributed by atoms with Crippen molar-refractivity contribution in [1.29, 1.82) is 5.26 Å². The van der Waals surface area contributed by atoms with Crippen molar-refractivity contribution >= 4 is 21.8 Å². The van der Waals surface area contributed by atoms with Crippen molar-refractivity contribution in [2.75, 3.05) is 0 Å². The maximum atomic E-state index is 12.9. The molecule has 1 N–H and O–H groups in total. The Morgan fingerprint density at radius 2 is 1.85 bits per heavy atom. The molecular formula is C22H18BrN3O. The normalized spacial score (nSPS) is 11.5. The topological polar surface area (TPSA) is 65.8 Å². The lowest BCUT2D eigenvalue weighted by Crippen LogP contribution is -2.30. The van der Waals surface area contributed by atoms with Crippen LogP contribution in [0.3, 0.4) is 0 Å². The maximum absolute atomic E-state index is 12.9. The van der Waals surface area contributed by atoms with Crippen LogP contribution in [0.4, 0.5) is 0 Å². The fourth-order valence-electron chi connectivity index (χ4n) is 2.79. The van der Waals surface area contributed by atoms with Crippen LogP contribution in [0, 0.1) is 25.2 Å². The first-order valence-corrected chi connectivity index (χ1v) is 9.27. The first-order valence-electron chi connectivity index (χ1n) is 8.47. The number of hydrogen-bond acceptors (Lipinski definition) is 3. The number of carbonyl (C=O) groups is 1. The molecule has 0 aliphatic heterocycles. The molecule has 0 radical (unpaired) electrons. The van der Waals surface area contributed by atoms with Crippen molar-refractivity contribution in [2.45, 2.75) is 19.9 Å². The third-order valence-electron chi connectivity index (χ3n) is 4.34. The van der Waals surface area contributed by atoms with Gasteiger partial charge in [-0.3, -0.25) is 9.78 Å². The Morgan fingerprint density at radius 3 is 2.44 bits per heavy atom. The molecule has 0 saturated carbocycles. The molecule has 1 heterocycles. The van der Waals surface area contributed by atoms with Gasteiger partial charge < -0.3 is 5.32 Å². The van der Waals surface area contributed by atoms with Gasteiger partial charge in [-0.25, -0.2) is 0 Å². The largest absolute Gasteiger partial charge is 0.340 e. The van der Waals surface area contributed by atoms with Crippen LogP contribution >= 0.6 is 15.9 Å². The smallest absolute Gasteiger partial charge is 0.252 e. The number of hydrogen-bond donors (Lipinski definition) is 1. The third kappa shape index (κ3) is 4.42. The van der Waals surface area contributed by atoms with Gasteiger partial charge in [0.2, 0.25) is 0 Å². The fraction of sp³-hybridized carbons (Fsp3) is 0.136. The van der Waals surface area contributed by atoms with E-state index in [0.717, 1.165) is 26.9 Å². The summed E-state index contributed by atoms with van der Waals surface area (Å²) in [5, 5.41) is 12.1. The minimum absolute atomic E-state index is 0.210. The van der Waals surface area contributed by atoms with Crippen LogP contribution in [-0.2, 0) is 0 Å². The van der Waals surface area contributed by atoms with Crippen LogP contribution in [0.2, 0.25) is 0 Å². The standard InChI is InChI=1S/C22H18BrN3O/c1-14-3-5-16(6-4-14)21(20-10-9-19(23)13-25-20)26-22(27)17-7-8-18(12-24)15(2)11-17/h3-11,13,21H,1-2H3,(H,26,27)/t21-/m0/s1. The zero-order valence-corrected chi connectivity index (χ0v) is 16.6. The van der Waals surface area contributed by atoms with Crippen molar-refractivity contribution in [1.82, 2.24) is 10.3 Å². The number of benzene rings is 2. The molecule has 3 aromatic rings. The number of rotatable bonds is 4. The average molecular weight is 420 g/mol. The van der Waals surface area contributed by atoms with Gasteiger partial charge in [0, 0.05) is 16.2 Å². The average Bonchev–Trinajstić information content (AvgIpc) is 2.67. The highest BCUT2D eigenvalue weighted by atomic mass is 79.9. The number of aromatic nitrogens is 1. The fourth-order valence-corrected chi connectivity index (χ4v) is 3.02. The minimum atomic E-state index is -0.373. The lowest BCUT2D eigenvalue weighted by molar-refractivity contribution is 0.0942. The van der Waals surface area contributed by atoms with Gasteiger partial charge in [0.05, 0.1) is 23.4 Å². The van der Waals surface area contributed by atoms with Crippen LogP contribution < -0.4 is 5.32 Å². The van der Waals surface area contributed by atoms with Crippen LogP contribution in [0.15, 0.2) is 65.3 Å². The Morgan fingerprint density at radius 1 is 1.11 bits per heavy atom. The molecule has 0 aliphatic carbocycles. The molecule has 0 spiro atoms. The highest BCUT2D eigenvalue weighted by Gasteiger charge is 2.19. The summed E-state index contributed by atoms with van der Waals surface area (Å²) in [7, 11) is 0. The van der Waals surface area contributed by atoms with Crippen LogP contribution in [0.25, 0.3) is 0 Å². The zero-order chi connectivity index (χ0) is 19.4. The van der Waals surface area contributed by atoms with Gasteiger partial charge in [-0.15, -0.1) is 0 Å². The van der Waals surface area contributed by atoms with E-state index in [2.05, 4.69) is 32.3 Å². The molecule has 4 nitrogen and oxygen atoms in total. The zero-order valence-electron chi connectivity index (χ0n) is 15.0. The lowest BCUT2D eigenvalue weighted by Gasteiger charge is -2.19. The Bertz CT molecular complexity index is 960. The van der Waals surface area contributed by atoms with E-state index in [0.29, 0.717) is 11.1 Å². The van der Waals surface area contributed by atoms with Crippen molar-refractivity contribution < 1.29 is 4.79 Å². The number of carbonyl (C=O) groups excluding carboxylic acids is 1. The summed E-state index contributed by atoms with van der Waals surface area (Å²) in [6.07, 6.45) is 1.72. The quantitative estimate of drug-likeness (QED) is 0.656.